The molecular formula is C21H29NO. The molecule has 2 N–H and O–H groups in total. The first-order valence-electron chi connectivity index (χ1n) is 8.72. The van der Waals surface area contributed by atoms with Gasteiger partial charge in [-0.25, -0.2) is 0 Å². The number of nitrogens with one attached hydrogen (secondary N) is 1. The van der Waals surface area contributed by atoms with Gasteiger partial charge in [0, 0.05) is 0 Å². The molecule has 0 saturated heterocycles. The van der Waals surface area contributed by atoms with Crippen LogP contribution in [0.5, 0.6) is 0 Å². The summed E-state index contributed by atoms with van der Waals surface area (Å²) in [5, 5.41) is 14.1. The zero-order valence-corrected chi connectivity index (χ0v) is 14.4. The van der Waals surface area contributed by atoms with Crippen molar-refractivity contribution in [1.82, 2.24) is 5.32 Å². The Morgan fingerprint density at radius 3 is 2.17 bits per heavy atom. The van der Waals surface area contributed by atoms with E-state index in [9.17, 15) is 5.11 Å². The maximum Gasteiger partial charge on any atom is 0.0880 e. The van der Waals surface area contributed by atoms with Crippen molar-refractivity contribution in [3.63, 3.8) is 0 Å². The summed E-state index contributed by atoms with van der Waals surface area (Å²) >= 11 is 0. The van der Waals surface area contributed by atoms with Crippen molar-refractivity contribution in [2.75, 3.05) is 13.1 Å². The van der Waals surface area contributed by atoms with Crippen molar-refractivity contribution in [1.29, 1.82) is 0 Å². The Kier molecular flexibility index (Phi) is 6.82. The number of aliphatic hydroxyl groups is 1. The highest BCUT2D eigenvalue weighted by Crippen LogP contribution is 2.27. The third kappa shape index (κ3) is 5.49. The topological polar surface area (TPSA) is 32.3 Å². The first-order chi connectivity index (χ1) is 11.1. The summed E-state index contributed by atoms with van der Waals surface area (Å²) in [6.45, 7) is 6.00. The summed E-state index contributed by atoms with van der Waals surface area (Å²) in [6, 6.07) is 18.6. The fourth-order valence-corrected chi connectivity index (χ4v) is 2.75. The summed E-state index contributed by atoms with van der Waals surface area (Å²) in [7, 11) is 0. The van der Waals surface area contributed by atoms with Crippen molar-refractivity contribution in [2.24, 2.45) is 0 Å². The second-order valence-electron chi connectivity index (χ2n) is 6.42. The Morgan fingerprint density at radius 1 is 0.870 bits per heavy atom. The molecule has 2 aromatic carbocycles. The molecule has 0 radical (unpaired) electrons. The lowest BCUT2D eigenvalue weighted by atomic mass is 9.91. The van der Waals surface area contributed by atoms with Crippen LogP contribution in [0.15, 0.2) is 54.6 Å². The van der Waals surface area contributed by atoms with E-state index in [2.05, 4.69) is 36.5 Å². The summed E-state index contributed by atoms with van der Waals surface area (Å²) in [4.78, 5) is 0. The average molecular weight is 311 g/mol. The minimum atomic E-state index is -0.785. The summed E-state index contributed by atoms with van der Waals surface area (Å²) in [6.07, 6.45) is 4.45. The number of rotatable bonds is 9. The summed E-state index contributed by atoms with van der Waals surface area (Å²) in [5.74, 6) is 0. The smallest absolute Gasteiger partial charge is 0.0880 e. The number of hydrogen-bond donors (Lipinski definition) is 2. The minimum Gasteiger partial charge on any atom is -0.385 e. The molecule has 2 nitrogen and oxygen atoms in total. The number of unbranched alkanes of at least 4 members (excludes halogenated alkanes) is 2. The molecule has 0 aromatic heterocycles. The van der Waals surface area contributed by atoms with Crippen LogP contribution in [0.1, 0.15) is 45.1 Å². The predicted molar refractivity (Wildman–Crippen MR) is 98.5 cm³/mol. The zero-order valence-electron chi connectivity index (χ0n) is 14.4. The quantitative estimate of drug-likeness (QED) is 0.656. The molecule has 0 aliphatic carbocycles. The van der Waals surface area contributed by atoms with E-state index in [0.29, 0.717) is 0 Å². The van der Waals surface area contributed by atoms with E-state index in [4.69, 9.17) is 0 Å². The molecule has 1 unspecified atom stereocenters. The molecule has 0 aliphatic rings. The minimum absolute atomic E-state index is 0.726. The summed E-state index contributed by atoms with van der Waals surface area (Å²) < 4.78 is 0. The molecule has 2 rings (SSSR count). The van der Waals surface area contributed by atoms with Gasteiger partial charge in [0.15, 0.2) is 0 Å². The molecule has 0 bridgehead atoms. The van der Waals surface area contributed by atoms with E-state index in [0.717, 1.165) is 25.1 Å². The highest BCUT2D eigenvalue weighted by atomic mass is 16.3. The lowest BCUT2D eigenvalue weighted by Crippen LogP contribution is -2.28. The Hall–Kier alpha value is -1.64. The third-order valence-electron chi connectivity index (χ3n) is 4.36. The van der Waals surface area contributed by atoms with E-state index in [1.165, 1.54) is 30.4 Å². The van der Waals surface area contributed by atoms with Crippen LogP contribution in [-0.4, -0.2) is 18.2 Å². The standard InChI is InChI=1S/C21H29NO/c1-3-4-8-16-22-17-15-21(2,23)20-13-11-19(12-14-20)18-9-6-5-7-10-18/h5-7,9-14,22-23H,3-4,8,15-17H2,1-2H3. The van der Waals surface area contributed by atoms with Gasteiger partial charge >= 0.3 is 0 Å². The van der Waals surface area contributed by atoms with Crippen molar-refractivity contribution in [3.8, 4) is 11.1 Å². The highest BCUT2D eigenvalue weighted by molar-refractivity contribution is 5.63. The fraction of sp³-hybridized carbons (Fsp3) is 0.429. The van der Waals surface area contributed by atoms with Crippen molar-refractivity contribution < 1.29 is 5.11 Å². The molecule has 23 heavy (non-hydrogen) atoms. The molecule has 0 heterocycles. The SMILES string of the molecule is CCCCCNCCC(C)(O)c1ccc(-c2ccccc2)cc1. The van der Waals surface area contributed by atoms with Crippen LogP contribution < -0.4 is 5.32 Å². The van der Waals surface area contributed by atoms with Gasteiger partial charge in [-0.2, -0.15) is 0 Å². The summed E-state index contributed by atoms with van der Waals surface area (Å²) in [5.41, 5.74) is 2.58. The van der Waals surface area contributed by atoms with E-state index < -0.39 is 5.60 Å². The monoisotopic (exact) mass is 311 g/mol. The van der Waals surface area contributed by atoms with Gasteiger partial charge in [0.2, 0.25) is 0 Å². The van der Waals surface area contributed by atoms with Gasteiger partial charge in [-0.15, -0.1) is 0 Å². The molecule has 0 fully saturated rings. The van der Waals surface area contributed by atoms with Crippen LogP contribution in [0.2, 0.25) is 0 Å². The molecule has 0 aliphatic heterocycles. The van der Waals surface area contributed by atoms with E-state index in [1.54, 1.807) is 0 Å². The van der Waals surface area contributed by atoms with E-state index in [1.807, 2.05) is 37.3 Å². The second-order valence-corrected chi connectivity index (χ2v) is 6.42. The molecule has 0 saturated carbocycles. The molecule has 2 heteroatoms. The van der Waals surface area contributed by atoms with E-state index in [-0.39, 0.29) is 0 Å². The molecule has 0 spiro atoms. The molecule has 2 aromatic rings. The van der Waals surface area contributed by atoms with Gasteiger partial charge in [0.1, 0.15) is 0 Å². The molecule has 0 amide bonds. The van der Waals surface area contributed by atoms with Crippen LogP contribution in [0.3, 0.4) is 0 Å². The van der Waals surface area contributed by atoms with Crippen molar-refractivity contribution in [2.45, 2.75) is 45.1 Å². The average Bonchev–Trinajstić information content (AvgIpc) is 2.59. The third-order valence-corrected chi connectivity index (χ3v) is 4.36. The lowest BCUT2D eigenvalue weighted by molar-refractivity contribution is 0.0480. The van der Waals surface area contributed by atoms with Crippen LogP contribution in [0, 0.1) is 0 Å². The van der Waals surface area contributed by atoms with Gasteiger partial charge in [0.05, 0.1) is 5.60 Å². The van der Waals surface area contributed by atoms with Crippen LogP contribution in [-0.2, 0) is 5.60 Å². The Morgan fingerprint density at radius 2 is 1.52 bits per heavy atom. The molecule has 124 valence electrons. The predicted octanol–water partition coefficient (Wildman–Crippen LogP) is 4.73. The zero-order chi connectivity index (χ0) is 16.5. The maximum atomic E-state index is 10.7. The normalized spacial score (nSPS) is 13.7. The number of benzene rings is 2. The Labute approximate surface area is 140 Å². The van der Waals surface area contributed by atoms with Gasteiger partial charge < -0.3 is 10.4 Å². The Balaban J connectivity index is 1.89. The first kappa shape index (κ1) is 17.7. The van der Waals surface area contributed by atoms with Crippen LogP contribution in [0.25, 0.3) is 11.1 Å². The van der Waals surface area contributed by atoms with Crippen LogP contribution >= 0.6 is 0 Å². The van der Waals surface area contributed by atoms with Gasteiger partial charge in [-0.3, -0.25) is 0 Å². The molecular weight excluding hydrogens is 282 g/mol. The first-order valence-corrected chi connectivity index (χ1v) is 8.72. The van der Waals surface area contributed by atoms with Gasteiger partial charge in [-0.1, -0.05) is 74.4 Å². The highest BCUT2D eigenvalue weighted by Gasteiger charge is 2.22. The van der Waals surface area contributed by atoms with Crippen molar-refractivity contribution in [3.05, 3.63) is 60.2 Å². The second kappa shape index (κ2) is 8.85. The molecule has 1 atom stereocenters. The van der Waals surface area contributed by atoms with Crippen LogP contribution in [0.4, 0.5) is 0 Å². The van der Waals surface area contributed by atoms with E-state index >= 15 is 0 Å². The maximum absolute atomic E-state index is 10.7. The lowest BCUT2D eigenvalue weighted by Gasteiger charge is -2.24. The fourth-order valence-electron chi connectivity index (χ4n) is 2.75. The Bertz CT molecular complexity index is 560. The van der Waals surface area contributed by atoms with Gasteiger partial charge in [0.25, 0.3) is 0 Å². The largest absolute Gasteiger partial charge is 0.385 e. The van der Waals surface area contributed by atoms with Crippen molar-refractivity contribution >= 4 is 0 Å². The number of hydrogen-bond acceptors (Lipinski definition) is 2. The van der Waals surface area contributed by atoms with Gasteiger partial charge in [-0.05, 0) is 49.5 Å².